The summed E-state index contributed by atoms with van der Waals surface area (Å²) in [6.07, 6.45) is 2.06. The van der Waals surface area contributed by atoms with Gasteiger partial charge in [0.15, 0.2) is 0 Å². The predicted octanol–water partition coefficient (Wildman–Crippen LogP) is 3.54. The van der Waals surface area contributed by atoms with Crippen LogP contribution in [0.4, 0.5) is 8.78 Å². The lowest BCUT2D eigenvalue weighted by Gasteiger charge is -2.21. The van der Waals surface area contributed by atoms with E-state index in [1.165, 1.54) is 59.3 Å². The normalized spacial score (nSPS) is 12.0. The van der Waals surface area contributed by atoms with Crippen LogP contribution in [0.5, 0.6) is 0 Å². The maximum Gasteiger partial charge on any atom is 0.255 e. The second-order valence-electron chi connectivity index (χ2n) is 7.27. The average molecular weight is 411 g/mol. The molecule has 5 nitrogen and oxygen atoms in total. The Morgan fingerprint density at radius 2 is 1.57 bits per heavy atom. The topological polar surface area (TPSA) is 54.3 Å². The van der Waals surface area contributed by atoms with Crippen LogP contribution < -0.4 is 10.9 Å². The molecule has 1 heterocycles. The smallest absolute Gasteiger partial charge is 0.255 e. The first-order chi connectivity index (χ1) is 14.3. The number of benzene rings is 2. The van der Waals surface area contributed by atoms with Crippen molar-refractivity contribution in [2.24, 2.45) is 0 Å². The molecule has 156 valence electrons. The Bertz CT molecular complexity index is 1060. The van der Waals surface area contributed by atoms with Crippen LogP contribution in [-0.4, -0.2) is 36.0 Å². The molecule has 3 rings (SSSR count). The van der Waals surface area contributed by atoms with Crippen molar-refractivity contribution < 1.29 is 13.6 Å². The second-order valence-corrected chi connectivity index (χ2v) is 7.27. The molecule has 1 unspecified atom stereocenters. The van der Waals surface area contributed by atoms with E-state index < -0.39 is 5.82 Å². The van der Waals surface area contributed by atoms with Gasteiger partial charge in [0.05, 0.1) is 11.6 Å². The summed E-state index contributed by atoms with van der Waals surface area (Å²) in [7, 11) is 3.87. The number of hydrogen-bond donors (Lipinski definition) is 1. The van der Waals surface area contributed by atoms with Gasteiger partial charge in [0.25, 0.3) is 11.5 Å². The summed E-state index contributed by atoms with van der Waals surface area (Å²) in [6, 6.07) is 13.9. The minimum atomic E-state index is -0.413. The van der Waals surface area contributed by atoms with Gasteiger partial charge in [-0.1, -0.05) is 12.1 Å². The van der Waals surface area contributed by atoms with E-state index in [0.29, 0.717) is 12.1 Å². The molecule has 0 aliphatic heterocycles. The zero-order valence-corrected chi connectivity index (χ0v) is 16.8. The van der Waals surface area contributed by atoms with Crippen LogP contribution in [0.2, 0.25) is 0 Å². The summed E-state index contributed by atoms with van der Waals surface area (Å²) in [5.74, 6) is -1.12. The lowest BCUT2D eigenvalue weighted by molar-refractivity contribution is 0.0932. The molecule has 1 N–H and O–H groups in total. The molecule has 0 radical (unpaired) electrons. The van der Waals surface area contributed by atoms with E-state index in [1.807, 2.05) is 19.0 Å². The first-order valence-corrected chi connectivity index (χ1v) is 9.53. The fraction of sp³-hybridized carbons (Fsp3) is 0.217. The Hall–Kier alpha value is -3.32. The largest absolute Gasteiger partial charge is 0.345 e. The van der Waals surface area contributed by atoms with Crippen LogP contribution in [-0.2, 0) is 0 Å². The number of nitrogens with zero attached hydrogens (tertiary/aromatic N) is 2. The summed E-state index contributed by atoms with van der Waals surface area (Å²) in [5, 5.41) is 2.97. The van der Waals surface area contributed by atoms with Gasteiger partial charge in [0.2, 0.25) is 0 Å². The van der Waals surface area contributed by atoms with E-state index in [-0.39, 0.29) is 28.9 Å². The molecule has 0 fully saturated rings. The summed E-state index contributed by atoms with van der Waals surface area (Å²) in [4.78, 5) is 27.1. The standard InChI is InChI=1S/C23H23F2N3O2/c1-27(2)14-13-21(16-3-6-18(24)7-4-16)26-23(30)17-5-12-22(29)28(15-17)20-10-8-19(25)9-11-20/h3-12,15,21H,13-14H2,1-2H3,(H,26,30). The molecule has 1 amide bonds. The van der Waals surface area contributed by atoms with Gasteiger partial charge in [-0.2, -0.15) is 0 Å². The molecule has 0 aliphatic rings. The highest BCUT2D eigenvalue weighted by molar-refractivity contribution is 5.94. The molecule has 30 heavy (non-hydrogen) atoms. The number of hydrogen-bond acceptors (Lipinski definition) is 3. The zero-order valence-electron chi connectivity index (χ0n) is 16.8. The lowest BCUT2D eigenvalue weighted by atomic mass is 10.0. The molecule has 0 bridgehead atoms. The van der Waals surface area contributed by atoms with Crippen molar-refractivity contribution in [2.75, 3.05) is 20.6 Å². The number of nitrogens with one attached hydrogen (secondary N) is 1. The fourth-order valence-corrected chi connectivity index (χ4v) is 3.07. The quantitative estimate of drug-likeness (QED) is 0.647. The number of amides is 1. The maximum atomic E-state index is 13.3. The van der Waals surface area contributed by atoms with Gasteiger partial charge in [0.1, 0.15) is 11.6 Å². The van der Waals surface area contributed by atoms with Gasteiger partial charge in [-0.3, -0.25) is 14.2 Å². The van der Waals surface area contributed by atoms with Crippen molar-refractivity contribution >= 4 is 5.91 Å². The first-order valence-electron chi connectivity index (χ1n) is 9.53. The minimum Gasteiger partial charge on any atom is -0.345 e. The van der Waals surface area contributed by atoms with Gasteiger partial charge < -0.3 is 10.2 Å². The zero-order chi connectivity index (χ0) is 21.7. The van der Waals surface area contributed by atoms with E-state index in [4.69, 9.17) is 0 Å². The van der Waals surface area contributed by atoms with Crippen LogP contribution in [0.25, 0.3) is 5.69 Å². The number of halogens is 2. The highest BCUT2D eigenvalue weighted by Gasteiger charge is 2.17. The van der Waals surface area contributed by atoms with Gasteiger partial charge in [-0.15, -0.1) is 0 Å². The molecule has 0 aliphatic carbocycles. The molecule has 1 atom stereocenters. The molecule has 0 spiro atoms. The molecule has 2 aromatic carbocycles. The molecule has 0 saturated carbocycles. The Labute approximate surface area is 173 Å². The predicted molar refractivity (Wildman–Crippen MR) is 112 cm³/mol. The minimum absolute atomic E-state index is 0.288. The Balaban J connectivity index is 1.86. The van der Waals surface area contributed by atoms with Crippen molar-refractivity contribution in [2.45, 2.75) is 12.5 Å². The average Bonchev–Trinajstić information content (AvgIpc) is 2.72. The molecule has 0 saturated heterocycles. The Morgan fingerprint density at radius 1 is 0.967 bits per heavy atom. The SMILES string of the molecule is CN(C)CCC(NC(=O)c1ccc(=O)n(-c2ccc(F)cc2)c1)c1ccc(F)cc1. The van der Waals surface area contributed by atoms with E-state index in [0.717, 1.165) is 12.1 Å². The summed E-state index contributed by atoms with van der Waals surface area (Å²) in [6.45, 7) is 0.720. The van der Waals surface area contributed by atoms with E-state index in [9.17, 15) is 18.4 Å². The van der Waals surface area contributed by atoms with Crippen LogP contribution in [0.1, 0.15) is 28.4 Å². The number of aromatic nitrogens is 1. The van der Waals surface area contributed by atoms with Crippen LogP contribution in [0, 0.1) is 11.6 Å². The van der Waals surface area contributed by atoms with Gasteiger partial charge in [-0.05, 0) is 75.1 Å². The van der Waals surface area contributed by atoms with Gasteiger partial charge in [-0.25, -0.2) is 8.78 Å². The number of rotatable bonds is 7. The van der Waals surface area contributed by atoms with Crippen molar-refractivity contribution in [1.82, 2.24) is 14.8 Å². The van der Waals surface area contributed by atoms with Gasteiger partial charge in [0, 0.05) is 18.0 Å². The molecular formula is C23H23F2N3O2. The molecule has 7 heteroatoms. The van der Waals surface area contributed by atoms with E-state index in [2.05, 4.69) is 5.32 Å². The summed E-state index contributed by atoms with van der Waals surface area (Å²) >= 11 is 0. The van der Waals surface area contributed by atoms with Crippen molar-refractivity contribution in [3.8, 4) is 5.69 Å². The third-order valence-corrected chi connectivity index (χ3v) is 4.72. The maximum absolute atomic E-state index is 13.3. The Kier molecular flexibility index (Phi) is 6.74. The fourth-order valence-electron chi connectivity index (χ4n) is 3.07. The van der Waals surface area contributed by atoms with Crippen LogP contribution in [0.15, 0.2) is 71.7 Å². The van der Waals surface area contributed by atoms with Crippen molar-refractivity contribution in [3.63, 3.8) is 0 Å². The third kappa shape index (κ3) is 5.39. The highest BCUT2D eigenvalue weighted by Crippen LogP contribution is 2.19. The van der Waals surface area contributed by atoms with Crippen LogP contribution in [0.3, 0.4) is 0 Å². The number of carbonyl (C=O) groups is 1. The monoisotopic (exact) mass is 411 g/mol. The molecular weight excluding hydrogens is 388 g/mol. The van der Waals surface area contributed by atoms with Gasteiger partial charge >= 0.3 is 0 Å². The van der Waals surface area contributed by atoms with E-state index >= 15 is 0 Å². The van der Waals surface area contributed by atoms with E-state index in [1.54, 1.807) is 12.1 Å². The molecule has 1 aromatic heterocycles. The first kappa shape index (κ1) is 21.4. The molecule has 3 aromatic rings. The summed E-state index contributed by atoms with van der Waals surface area (Å²) < 4.78 is 27.8. The van der Waals surface area contributed by atoms with Crippen molar-refractivity contribution in [3.05, 3.63) is 100.0 Å². The number of pyridine rings is 1. The Morgan fingerprint density at radius 3 is 2.17 bits per heavy atom. The second kappa shape index (κ2) is 9.45. The summed E-state index contributed by atoms with van der Waals surface area (Å²) in [5.41, 5.74) is 1.20. The lowest BCUT2D eigenvalue weighted by Crippen LogP contribution is -2.32. The number of carbonyl (C=O) groups excluding carboxylic acids is 1. The third-order valence-electron chi connectivity index (χ3n) is 4.72. The van der Waals surface area contributed by atoms with Crippen LogP contribution >= 0.6 is 0 Å². The highest BCUT2D eigenvalue weighted by atomic mass is 19.1. The van der Waals surface area contributed by atoms with Crippen molar-refractivity contribution in [1.29, 1.82) is 0 Å².